The van der Waals surface area contributed by atoms with Gasteiger partial charge < -0.3 is 24.4 Å². The van der Waals surface area contributed by atoms with Gasteiger partial charge in [-0.1, -0.05) is 32.6 Å². The Morgan fingerprint density at radius 2 is 1.91 bits per heavy atom. The average Bonchev–Trinajstić information content (AvgIpc) is 3.26. The summed E-state index contributed by atoms with van der Waals surface area (Å²) in [6.45, 7) is 11.3. The predicted molar refractivity (Wildman–Crippen MR) is 137 cm³/mol. The van der Waals surface area contributed by atoms with Crippen LogP contribution >= 0.6 is 0 Å². The number of nitrogens with one attached hydrogen (secondary N) is 1. The molecule has 2 aromatic heterocycles. The molecule has 0 unspecified atom stereocenters. The van der Waals surface area contributed by atoms with Gasteiger partial charge in [0.15, 0.2) is 17.1 Å². The molecule has 1 saturated heterocycles. The number of benzene rings is 1. The van der Waals surface area contributed by atoms with Gasteiger partial charge in [-0.2, -0.15) is 0 Å². The van der Waals surface area contributed by atoms with E-state index in [9.17, 15) is 0 Å². The Labute approximate surface area is 201 Å². The fraction of sp³-hybridized carbons (Fsp3) is 0.308. The van der Waals surface area contributed by atoms with E-state index in [-0.39, 0.29) is 0 Å². The molecule has 0 amide bonds. The van der Waals surface area contributed by atoms with Crippen molar-refractivity contribution in [3.63, 3.8) is 0 Å². The van der Waals surface area contributed by atoms with Gasteiger partial charge in [-0.25, -0.2) is 4.98 Å². The zero-order valence-corrected chi connectivity index (χ0v) is 20.3. The van der Waals surface area contributed by atoms with E-state index in [0.29, 0.717) is 11.5 Å². The molecule has 1 fully saturated rings. The molecule has 180 valence electrons. The van der Waals surface area contributed by atoms with Crippen molar-refractivity contribution in [2.24, 2.45) is 0 Å². The zero-order valence-electron chi connectivity index (χ0n) is 20.3. The third-order valence-electron chi connectivity index (χ3n) is 5.19. The summed E-state index contributed by atoms with van der Waals surface area (Å²) >= 11 is 0. The lowest BCUT2D eigenvalue weighted by Crippen LogP contribution is -2.31. The lowest BCUT2D eigenvalue weighted by Gasteiger charge is -2.24. The number of anilines is 2. The van der Waals surface area contributed by atoms with Crippen molar-refractivity contribution in [1.82, 2.24) is 19.3 Å². The molecule has 1 aliphatic rings. The second-order valence-electron chi connectivity index (χ2n) is 7.12. The van der Waals surface area contributed by atoms with Crippen molar-refractivity contribution in [3.05, 3.63) is 73.5 Å². The second kappa shape index (κ2) is 12.5. The molecule has 34 heavy (non-hydrogen) atoms. The maximum absolute atomic E-state index is 5.45. The molecule has 3 heterocycles. The lowest BCUT2D eigenvalue weighted by atomic mass is 10.1. The fourth-order valence-electron chi connectivity index (χ4n) is 3.52. The first-order valence-electron chi connectivity index (χ1n) is 11.4. The van der Waals surface area contributed by atoms with Crippen LogP contribution in [0.15, 0.2) is 67.8 Å². The number of rotatable bonds is 8. The molecule has 1 aromatic carbocycles. The van der Waals surface area contributed by atoms with Crippen LogP contribution in [-0.2, 0) is 4.74 Å². The van der Waals surface area contributed by atoms with Crippen LogP contribution in [0.1, 0.15) is 19.5 Å². The SMILES string of the molecule is C=C/C(=C\C=C\N1CCOCC1)c1nc2cnccn2c1Nc1ccc(OC)c(OC)c1.CC. The van der Waals surface area contributed by atoms with E-state index in [2.05, 4.69) is 28.0 Å². The number of morpholine rings is 1. The summed E-state index contributed by atoms with van der Waals surface area (Å²) in [6, 6.07) is 5.68. The second-order valence-corrected chi connectivity index (χ2v) is 7.12. The highest BCUT2D eigenvalue weighted by molar-refractivity contribution is 5.83. The number of imidazole rings is 1. The molecule has 3 aromatic rings. The minimum atomic E-state index is 0.641. The first kappa shape index (κ1) is 24.9. The van der Waals surface area contributed by atoms with Crippen molar-refractivity contribution in [1.29, 1.82) is 0 Å². The Hall–Kier alpha value is -3.78. The van der Waals surface area contributed by atoms with E-state index in [0.717, 1.165) is 54.7 Å². The van der Waals surface area contributed by atoms with Crippen molar-refractivity contribution < 1.29 is 14.2 Å². The van der Waals surface area contributed by atoms with Gasteiger partial charge in [-0.3, -0.25) is 9.38 Å². The molecule has 8 heteroatoms. The number of fused-ring (bicyclic) bond motifs is 1. The number of hydrogen-bond acceptors (Lipinski definition) is 7. The smallest absolute Gasteiger partial charge is 0.162 e. The molecule has 1 aliphatic heterocycles. The highest BCUT2D eigenvalue weighted by atomic mass is 16.5. The quantitative estimate of drug-likeness (QED) is 0.475. The van der Waals surface area contributed by atoms with E-state index in [1.54, 1.807) is 32.7 Å². The van der Waals surface area contributed by atoms with Crippen molar-refractivity contribution in [2.75, 3.05) is 45.8 Å². The molecule has 4 rings (SSSR count). The fourth-order valence-corrected chi connectivity index (χ4v) is 3.52. The predicted octanol–water partition coefficient (Wildman–Crippen LogP) is 4.93. The number of ether oxygens (including phenoxy) is 3. The van der Waals surface area contributed by atoms with E-state index < -0.39 is 0 Å². The Balaban J connectivity index is 0.00000158. The van der Waals surface area contributed by atoms with Gasteiger partial charge in [0.05, 0.1) is 33.6 Å². The van der Waals surface area contributed by atoms with Crippen molar-refractivity contribution in [3.8, 4) is 11.5 Å². The molecule has 0 aliphatic carbocycles. The maximum Gasteiger partial charge on any atom is 0.162 e. The summed E-state index contributed by atoms with van der Waals surface area (Å²) in [5.41, 5.74) is 3.24. The number of nitrogens with zero attached hydrogens (tertiary/aromatic N) is 4. The van der Waals surface area contributed by atoms with Gasteiger partial charge in [0.2, 0.25) is 0 Å². The minimum Gasteiger partial charge on any atom is -0.493 e. The Kier molecular flexibility index (Phi) is 9.11. The van der Waals surface area contributed by atoms with Crippen LogP contribution in [0.5, 0.6) is 11.5 Å². The minimum absolute atomic E-state index is 0.641. The van der Waals surface area contributed by atoms with Crippen LogP contribution < -0.4 is 14.8 Å². The zero-order chi connectivity index (χ0) is 24.3. The topological polar surface area (TPSA) is 73.2 Å². The van der Waals surface area contributed by atoms with Crippen molar-refractivity contribution >= 4 is 22.7 Å². The van der Waals surface area contributed by atoms with E-state index in [1.165, 1.54) is 0 Å². The Morgan fingerprint density at radius 1 is 1.15 bits per heavy atom. The monoisotopic (exact) mass is 463 g/mol. The standard InChI is InChI=1S/C24H27N5O3.C2H6/c1-4-18(6-5-10-28-12-14-32-15-13-28)23-24(29-11-9-25-17-22(29)27-23)26-19-7-8-20(30-2)21(16-19)31-3;1-2/h4-11,16-17,26H,1,12-15H2,2-3H3;1-2H3/b10-5+,18-6+;. The summed E-state index contributed by atoms with van der Waals surface area (Å²) in [4.78, 5) is 11.2. The molecule has 1 N–H and O–H groups in total. The lowest BCUT2D eigenvalue weighted by molar-refractivity contribution is 0.0594. The maximum atomic E-state index is 5.45. The largest absolute Gasteiger partial charge is 0.493 e. The molecule has 0 atom stereocenters. The summed E-state index contributed by atoms with van der Waals surface area (Å²) in [7, 11) is 3.23. The van der Waals surface area contributed by atoms with E-state index >= 15 is 0 Å². The molecule has 8 nitrogen and oxygen atoms in total. The first-order valence-corrected chi connectivity index (χ1v) is 11.4. The van der Waals surface area contributed by atoms with Gasteiger partial charge in [-0.15, -0.1) is 0 Å². The van der Waals surface area contributed by atoms with Crippen molar-refractivity contribution in [2.45, 2.75) is 13.8 Å². The molecule has 0 saturated carbocycles. The summed E-state index contributed by atoms with van der Waals surface area (Å²) < 4.78 is 18.2. The normalized spacial score (nSPS) is 14.0. The number of allylic oxidation sites excluding steroid dienone is 4. The van der Waals surface area contributed by atoms with E-state index in [1.807, 2.05) is 54.8 Å². The van der Waals surface area contributed by atoms with Gasteiger partial charge >= 0.3 is 0 Å². The van der Waals surface area contributed by atoms with Gasteiger partial charge in [0.25, 0.3) is 0 Å². The van der Waals surface area contributed by atoms with Gasteiger partial charge in [-0.05, 0) is 24.4 Å². The van der Waals surface area contributed by atoms with Crippen LogP contribution in [0.25, 0.3) is 11.2 Å². The Morgan fingerprint density at radius 3 is 2.62 bits per heavy atom. The average molecular weight is 464 g/mol. The summed E-state index contributed by atoms with van der Waals surface area (Å²) in [6.07, 6.45) is 13.2. The molecule has 0 spiro atoms. The van der Waals surface area contributed by atoms with Crippen LogP contribution in [-0.4, -0.2) is 59.8 Å². The van der Waals surface area contributed by atoms with Crippen LogP contribution in [0.3, 0.4) is 0 Å². The third-order valence-corrected chi connectivity index (χ3v) is 5.19. The molecule has 0 bridgehead atoms. The summed E-state index contributed by atoms with van der Waals surface area (Å²) in [5, 5.41) is 3.47. The highest BCUT2D eigenvalue weighted by Crippen LogP contribution is 2.33. The Bertz CT molecular complexity index is 1150. The van der Waals surface area contributed by atoms with Gasteiger partial charge in [0.1, 0.15) is 11.5 Å². The van der Waals surface area contributed by atoms with E-state index in [4.69, 9.17) is 19.2 Å². The highest BCUT2D eigenvalue weighted by Gasteiger charge is 2.16. The van der Waals surface area contributed by atoms with Gasteiger partial charge in [0, 0.05) is 42.8 Å². The number of hydrogen-bond donors (Lipinski definition) is 1. The first-order chi connectivity index (χ1) is 16.7. The summed E-state index contributed by atoms with van der Waals surface area (Å²) in [5.74, 6) is 2.11. The molecule has 0 radical (unpaired) electrons. The van der Waals surface area contributed by atoms with Crippen LogP contribution in [0, 0.1) is 0 Å². The third kappa shape index (κ3) is 5.77. The molecular formula is C26H33N5O3. The number of aromatic nitrogens is 3. The number of methoxy groups -OCH3 is 2. The van der Waals surface area contributed by atoms with Crippen LogP contribution in [0.4, 0.5) is 11.5 Å². The molecular weight excluding hydrogens is 430 g/mol. The van der Waals surface area contributed by atoms with Crippen LogP contribution in [0.2, 0.25) is 0 Å².